The highest BCUT2D eigenvalue weighted by molar-refractivity contribution is 5.52. The maximum atomic E-state index is 14.6. The number of aliphatic hydroxyl groups excluding tert-OH is 1. The van der Waals surface area contributed by atoms with Crippen LogP contribution in [-0.4, -0.2) is 56.4 Å². The van der Waals surface area contributed by atoms with Gasteiger partial charge in [-0.15, -0.1) is 0 Å². The lowest BCUT2D eigenvalue weighted by Gasteiger charge is -2.41. The van der Waals surface area contributed by atoms with Crippen LogP contribution in [0.25, 0.3) is 0 Å². The van der Waals surface area contributed by atoms with E-state index in [-0.39, 0.29) is 48.9 Å². The number of alkyl halides is 5. The smallest absolute Gasteiger partial charge is 0.416 e. The molecule has 0 spiro atoms. The molecule has 1 aliphatic heterocycles. The van der Waals surface area contributed by atoms with Crippen molar-refractivity contribution in [3.63, 3.8) is 0 Å². The predicted octanol–water partition coefficient (Wildman–Crippen LogP) is 9.26. The molecule has 1 aromatic carbocycles. The minimum atomic E-state index is -4.47. The largest absolute Gasteiger partial charge is 0.490 e. The molecule has 0 bridgehead atoms. The number of aliphatic hydroxyl groups is 2. The van der Waals surface area contributed by atoms with Crippen LogP contribution in [0.2, 0.25) is 0 Å². The fraction of sp³-hybridized carbons (Fsp3) is 0.625. The van der Waals surface area contributed by atoms with Crippen molar-refractivity contribution in [1.29, 1.82) is 0 Å². The van der Waals surface area contributed by atoms with Gasteiger partial charge in [0.15, 0.2) is 5.75 Å². The third kappa shape index (κ3) is 8.70. The third-order valence-corrected chi connectivity index (χ3v) is 11.2. The van der Waals surface area contributed by atoms with Crippen molar-refractivity contribution in [2.45, 2.75) is 134 Å². The quantitative estimate of drug-likeness (QED) is 0.212. The van der Waals surface area contributed by atoms with E-state index in [9.17, 15) is 32.2 Å². The van der Waals surface area contributed by atoms with Crippen LogP contribution >= 0.6 is 0 Å². The number of ether oxygens (including phenoxy) is 1. The van der Waals surface area contributed by atoms with Gasteiger partial charge in [-0.1, -0.05) is 32.9 Å². The van der Waals surface area contributed by atoms with Crippen LogP contribution in [0.5, 0.6) is 5.75 Å². The van der Waals surface area contributed by atoms with Crippen LogP contribution in [0, 0.1) is 5.41 Å². The second-order valence-corrected chi connectivity index (χ2v) is 16.6. The Balaban J connectivity index is 1.36. The molecule has 2 N–H and O–H groups in total. The van der Waals surface area contributed by atoms with Crippen LogP contribution in [0.1, 0.15) is 149 Å². The van der Waals surface area contributed by atoms with Crippen LogP contribution in [0.15, 0.2) is 36.7 Å². The summed E-state index contributed by atoms with van der Waals surface area (Å²) in [6.45, 7) is 11.2. The van der Waals surface area contributed by atoms with Gasteiger partial charge in [0.2, 0.25) is 11.9 Å². The molecule has 3 heterocycles. The third-order valence-electron chi connectivity index (χ3n) is 11.2. The van der Waals surface area contributed by atoms with Crippen LogP contribution in [-0.2, 0) is 12.6 Å². The highest BCUT2D eigenvalue weighted by Gasteiger charge is 2.43. The molecule has 2 atom stereocenters. The molecule has 0 amide bonds. The highest BCUT2D eigenvalue weighted by Crippen LogP contribution is 2.52. The molecular weight excluding hydrogens is 679 g/mol. The van der Waals surface area contributed by atoms with E-state index in [4.69, 9.17) is 9.72 Å². The molecule has 52 heavy (non-hydrogen) atoms. The first kappa shape index (κ1) is 38.3. The summed E-state index contributed by atoms with van der Waals surface area (Å²) >= 11 is 0. The van der Waals surface area contributed by atoms with Crippen molar-refractivity contribution in [2.75, 3.05) is 24.6 Å². The molecule has 3 aliphatic rings. The zero-order valence-electron chi connectivity index (χ0n) is 30.7. The molecule has 284 valence electrons. The fourth-order valence-electron chi connectivity index (χ4n) is 8.34. The minimum absolute atomic E-state index is 0.0103. The first-order chi connectivity index (χ1) is 24.3. The van der Waals surface area contributed by atoms with Gasteiger partial charge in [-0.05, 0) is 92.5 Å². The van der Waals surface area contributed by atoms with Gasteiger partial charge in [-0.25, -0.2) is 18.7 Å². The number of nitrogens with zero attached hydrogens (tertiary/aromatic N) is 4. The first-order valence-corrected chi connectivity index (χ1v) is 18.5. The zero-order valence-corrected chi connectivity index (χ0v) is 30.7. The number of aromatic nitrogens is 3. The van der Waals surface area contributed by atoms with Crippen molar-refractivity contribution in [3.8, 4) is 5.75 Å². The standard InChI is InChI=1S/C40H51F5N4O3/c1-24(25-6-8-28(9-7-25)40(43,44)45)32-33(26-10-14-39(41,42)15-11-26)34-30(20-37(2,3)21-31(34)50)48-35(32)27-12-17-49(18-13-27)36-46-22-29(23-47-36)52-19-16-38(4,5)51/h6-9,22-24,26-27,31,50-51H,10-21H2,1-5H3/t24-,31-/m0/s1. The van der Waals surface area contributed by atoms with E-state index in [2.05, 4.69) is 28.7 Å². The summed E-state index contributed by atoms with van der Waals surface area (Å²) in [6.07, 6.45) is 1.00. The monoisotopic (exact) mass is 730 g/mol. The Morgan fingerprint density at radius 3 is 2.13 bits per heavy atom. The Kier molecular flexibility index (Phi) is 10.7. The fourth-order valence-corrected chi connectivity index (χ4v) is 8.34. The summed E-state index contributed by atoms with van der Waals surface area (Å²) in [5, 5.41) is 21.7. The summed E-state index contributed by atoms with van der Waals surface area (Å²) in [5.74, 6) is -2.29. The van der Waals surface area contributed by atoms with Gasteiger partial charge in [0.1, 0.15) is 0 Å². The molecule has 12 heteroatoms. The van der Waals surface area contributed by atoms with Crippen molar-refractivity contribution in [2.24, 2.45) is 5.41 Å². The van der Waals surface area contributed by atoms with Crippen molar-refractivity contribution >= 4 is 5.95 Å². The Morgan fingerprint density at radius 1 is 0.942 bits per heavy atom. The van der Waals surface area contributed by atoms with Gasteiger partial charge in [0.25, 0.3) is 0 Å². The van der Waals surface area contributed by atoms with E-state index < -0.39 is 29.4 Å². The second-order valence-electron chi connectivity index (χ2n) is 16.6. The summed E-state index contributed by atoms with van der Waals surface area (Å²) in [4.78, 5) is 16.5. The lowest BCUT2D eigenvalue weighted by atomic mass is 9.67. The summed E-state index contributed by atoms with van der Waals surface area (Å²) < 4.78 is 75.5. The van der Waals surface area contributed by atoms with Gasteiger partial charge >= 0.3 is 6.18 Å². The Labute approximate surface area is 303 Å². The van der Waals surface area contributed by atoms with Gasteiger partial charge in [0.05, 0.1) is 36.3 Å². The van der Waals surface area contributed by atoms with E-state index in [0.29, 0.717) is 69.1 Å². The molecule has 6 rings (SSSR count). The molecule has 0 radical (unpaired) electrons. The zero-order chi connectivity index (χ0) is 37.6. The van der Waals surface area contributed by atoms with E-state index in [1.807, 2.05) is 6.92 Å². The van der Waals surface area contributed by atoms with E-state index in [0.717, 1.165) is 40.2 Å². The number of pyridine rings is 1. The van der Waals surface area contributed by atoms with E-state index >= 15 is 0 Å². The summed E-state index contributed by atoms with van der Waals surface area (Å²) in [5.41, 5.74) is 3.05. The van der Waals surface area contributed by atoms with Gasteiger partial charge in [-0.3, -0.25) is 4.98 Å². The number of fused-ring (bicyclic) bond motifs is 1. The molecule has 2 aliphatic carbocycles. The maximum Gasteiger partial charge on any atom is 0.416 e. The number of anilines is 1. The Bertz CT molecular complexity index is 1690. The number of piperidine rings is 1. The number of halogens is 5. The molecule has 0 unspecified atom stereocenters. The highest BCUT2D eigenvalue weighted by atomic mass is 19.4. The van der Waals surface area contributed by atoms with Gasteiger partial charge in [-0.2, -0.15) is 13.2 Å². The number of rotatable bonds is 9. The normalized spacial score (nSPS) is 21.8. The molecule has 1 saturated heterocycles. The molecule has 3 aromatic rings. The van der Waals surface area contributed by atoms with Crippen LogP contribution in [0.4, 0.5) is 27.9 Å². The van der Waals surface area contributed by atoms with Gasteiger partial charge < -0.3 is 19.8 Å². The van der Waals surface area contributed by atoms with Crippen molar-refractivity contribution in [1.82, 2.24) is 15.0 Å². The van der Waals surface area contributed by atoms with E-state index in [1.54, 1.807) is 26.2 Å². The molecular formula is C40H51F5N4O3. The average molecular weight is 731 g/mol. The predicted molar refractivity (Wildman–Crippen MR) is 189 cm³/mol. The Hall–Kier alpha value is -3.38. The van der Waals surface area contributed by atoms with Crippen molar-refractivity contribution in [3.05, 3.63) is 75.9 Å². The topological polar surface area (TPSA) is 91.6 Å². The number of hydrogen-bond donors (Lipinski definition) is 2. The average Bonchev–Trinajstić information content (AvgIpc) is 3.06. The molecule has 2 fully saturated rings. The van der Waals surface area contributed by atoms with E-state index in [1.165, 1.54) is 12.1 Å². The summed E-state index contributed by atoms with van der Waals surface area (Å²) in [7, 11) is 0. The second kappa shape index (κ2) is 14.5. The van der Waals surface area contributed by atoms with Crippen molar-refractivity contribution < 1.29 is 36.9 Å². The number of benzene rings is 1. The lowest BCUT2D eigenvalue weighted by Crippen LogP contribution is -2.36. The molecule has 1 saturated carbocycles. The van der Waals surface area contributed by atoms with Gasteiger partial charge in [0, 0.05) is 61.1 Å². The lowest BCUT2D eigenvalue weighted by molar-refractivity contribution is -0.137. The molecule has 7 nitrogen and oxygen atoms in total. The number of hydrogen-bond acceptors (Lipinski definition) is 7. The molecule has 2 aromatic heterocycles. The summed E-state index contributed by atoms with van der Waals surface area (Å²) in [6, 6.07) is 5.20. The first-order valence-electron chi connectivity index (χ1n) is 18.5. The Morgan fingerprint density at radius 2 is 1.56 bits per heavy atom. The SMILES string of the molecule is C[C@@H](c1ccc(C(F)(F)F)cc1)c1c(C2CCN(c3ncc(OCCC(C)(C)O)cn3)CC2)nc2c(c1C1CCC(F)(F)CC1)[C@@H](O)CC(C)(C)C2. The minimum Gasteiger partial charge on any atom is -0.490 e. The maximum absolute atomic E-state index is 14.6. The van der Waals surface area contributed by atoms with Crippen LogP contribution < -0.4 is 9.64 Å². The van der Waals surface area contributed by atoms with Crippen LogP contribution in [0.3, 0.4) is 0 Å².